The Kier molecular flexibility index (Phi) is 3.14. The van der Waals surface area contributed by atoms with Crippen LogP contribution in [0.15, 0.2) is 18.2 Å². The van der Waals surface area contributed by atoms with Gasteiger partial charge in [0.2, 0.25) is 5.91 Å². The molecule has 1 amide bonds. The van der Waals surface area contributed by atoms with E-state index in [-0.39, 0.29) is 11.8 Å². The van der Waals surface area contributed by atoms with Gasteiger partial charge >= 0.3 is 0 Å². The maximum Gasteiger partial charge on any atom is 0.230 e. The van der Waals surface area contributed by atoms with E-state index in [0.717, 1.165) is 0 Å². The first-order chi connectivity index (χ1) is 7.18. The molecule has 1 aliphatic heterocycles. The van der Waals surface area contributed by atoms with Crippen molar-refractivity contribution >= 4 is 34.8 Å². The van der Waals surface area contributed by atoms with Crippen LogP contribution in [0.25, 0.3) is 0 Å². The maximum atomic E-state index is 11.6. The normalized spacial score (nSPS) is 15.9. The first kappa shape index (κ1) is 10.7. The molecule has 0 atom stereocenters. The lowest BCUT2D eigenvalue weighted by molar-refractivity contribution is -0.121. The second-order valence-electron chi connectivity index (χ2n) is 3.44. The van der Waals surface area contributed by atoms with Gasteiger partial charge in [0.15, 0.2) is 0 Å². The fraction of sp³-hybridized carbons (Fsp3) is 0.300. The zero-order valence-electron chi connectivity index (χ0n) is 7.89. The molecule has 0 saturated carbocycles. The van der Waals surface area contributed by atoms with Crippen LogP contribution in [0.4, 0.5) is 5.69 Å². The highest BCUT2D eigenvalue weighted by atomic mass is 35.5. The number of carbonyl (C=O) groups excluding carboxylic acids is 1. The molecule has 2 N–H and O–H groups in total. The van der Waals surface area contributed by atoms with E-state index < -0.39 is 0 Å². The third kappa shape index (κ3) is 2.25. The number of benzene rings is 1. The average molecular weight is 245 g/mol. The van der Waals surface area contributed by atoms with Crippen LogP contribution in [-0.4, -0.2) is 19.0 Å². The molecule has 5 heteroatoms. The van der Waals surface area contributed by atoms with Crippen LogP contribution in [0.5, 0.6) is 0 Å². The molecule has 0 aliphatic carbocycles. The van der Waals surface area contributed by atoms with Crippen LogP contribution in [0, 0.1) is 5.92 Å². The van der Waals surface area contributed by atoms with E-state index in [2.05, 4.69) is 10.6 Å². The Morgan fingerprint density at radius 1 is 1.33 bits per heavy atom. The number of hydrogen-bond acceptors (Lipinski definition) is 2. The van der Waals surface area contributed by atoms with E-state index >= 15 is 0 Å². The molecular formula is C10H10Cl2N2O. The second-order valence-corrected chi connectivity index (χ2v) is 4.26. The van der Waals surface area contributed by atoms with Gasteiger partial charge in [0.05, 0.1) is 21.7 Å². The molecule has 0 unspecified atom stereocenters. The smallest absolute Gasteiger partial charge is 0.230 e. The first-order valence-electron chi connectivity index (χ1n) is 4.64. The van der Waals surface area contributed by atoms with Gasteiger partial charge in [-0.25, -0.2) is 0 Å². The Balaban J connectivity index is 2.12. The predicted molar refractivity (Wildman–Crippen MR) is 61.5 cm³/mol. The van der Waals surface area contributed by atoms with Crippen molar-refractivity contribution in [2.24, 2.45) is 5.92 Å². The summed E-state index contributed by atoms with van der Waals surface area (Å²) in [5.74, 6) is -0.0129. The van der Waals surface area contributed by atoms with Crippen molar-refractivity contribution in [3.05, 3.63) is 28.2 Å². The molecule has 1 fully saturated rings. The van der Waals surface area contributed by atoms with Crippen molar-refractivity contribution in [2.45, 2.75) is 0 Å². The lowest BCUT2D eigenvalue weighted by Gasteiger charge is -2.26. The average Bonchev–Trinajstić information content (AvgIpc) is 2.08. The van der Waals surface area contributed by atoms with E-state index in [1.54, 1.807) is 18.2 Å². The fourth-order valence-electron chi connectivity index (χ4n) is 1.32. The number of hydrogen-bond donors (Lipinski definition) is 2. The Morgan fingerprint density at radius 2 is 1.93 bits per heavy atom. The Morgan fingerprint density at radius 3 is 2.40 bits per heavy atom. The van der Waals surface area contributed by atoms with Gasteiger partial charge in [0.1, 0.15) is 0 Å². The number of rotatable bonds is 2. The van der Waals surface area contributed by atoms with Gasteiger partial charge in [0.25, 0.3) is 0 Å². The molecular weight excluding hydrogens is 235 g/mol. The third-order valence-corrected chi connectivity index (χ3v) is 2.99. The Hall–Kier alpha value is -0.770. The van der Waals surface area contributed by atoms with Crippen LogP contribution in [0.1, 0.15) is 0 Å². The first-order valence-corrected chi connectivity index (χ1v) is 5.39. The summed E-state index contributed by atoms with van der Waals surface area (Å²) < 4.78 is 0. The predicted octanol–water partition coefficient (Wildman–Crippen LogP) is 2.15. The summed E-state index contributed by atoms with van der Waals surface area (Å²) in [5.41, 5.74) is 0.498. The molecule has 1 aliphatic rings. The summed E-state index contributed by atoms with van der Waals surface area (Å²) >= 11 is 11.8. The lowest BCUT2D eigenvalue weighted by Crippen LogP contribution is -2.48. The largest absolute Gasteiger partial charge is 0.323 e. The second kappa shape index (κ2) is 4.39. The molecule has 1 aromatic rings. The molecule has 0 radical (unpaired) electrons. The number of para-hydroxylation sites is 1. The van der Waals surface area contributed by atoms with E-state index in [1.165, 1.54) is 0 Å². The van der Waals surface area contributed by atoms with Gasteiger partial charge in [-0.05, 0) is 12.1 Å². The van der Waals surface area contributed by atoms with Gasteiger partial charge in [-0.1, -0.05) is 29.3 Å². The van der Waals surface area contributed by atoms with Gasteiger partial charge < -0.3 is 10.6 Å². The van der Waals surface area contributed by atoms with E-state index in [9.17, 15) is 4.79 Å². The van der Waals surface area contributed by atoms with Crippen LogP contribution in [-0.2, 0) is 4.79 Å². The molecule has 3 nitrogen and oxygen atoms in total. The lowest BCUT2D eigenvalue weighted by atomic mass is 10.0. The summed E-state index contributed by atoms with van der Waals surface area (Å²) in [5, 5.41) is 6.69. The highest BCUT2D eigenvalue weighted by Gasteiger charge is 2.25. The minimum Gasteiger partial charge on any atom is -0.323 e. The van der Waals surface area contributed by atoms with Crippen LogP contribution in [0.2, 0.25) is 10.0 Å². The zero-order valence-corrected chi connectivity index (χ0v) is 9.40. The topological polar surface area (TPSA) is 41.1 Å². The van der Waals surface area contributed by atoms with Crippen molar-refractivity contribution in [2.75, 3.05) is 18.4 Å². The van der Waals surface area contributed by atoms with Crippen molar-refractivity contribution in [1.82, 2.24) is 5.32 Å². The van der Waals surface area contributed by atoms with E-state index in [1.807, 2.05) is 0 Å². The van der Waals surface area contributed by atoms with Gasteiger partial charge in [-0.2, -0.15) is 0 Å². The highest BCUT2D eigenvalue weighted by molar-refractivity contribution is 6.39. The van der Waals surface area contributed by atoms with Crippen molar-refractivity contribution in [3.63, 3.8) is 0 Å². The summed E-state index contributed by atoms with van der Waals surface area (Å²) in [6.45, 7) is 1.43. The molecule has 0 spiro atoms. The van der Waals surface area contributed by atoms with Crippen LogP contribution in [0.3, 0.4) is 0 Å². The van der Waals surface area contributed by atoms with E-state index in [0.29, 0.717) is 28.8 Å². The number of anilines is 1. The third-order valence-electron chi connectivity index (χ3n) is 2.36. The van der Waals surface area contributed by atoms with E-state index in [4.69, 9.17) is 23.2 Å². The monoisotopic (exact) mass is 244 g/mol. The van der Waals surface area contributed by atoms with Gasteiger partial charge in [-0.3, -0.25) is 4.79 Å². The number of amides is 1. The maximum absolute atomic E-state index is 11.6. The standard InChI is InChI=1S/C10H10Cl2N2O/c11-7-2-1-3-8(12)9(7)14-10(15)6-4-13-5-6/h1-3,6,13H,4-5H2,(H,14,15). The molecule has 1 saturated heterocycles. The molecule has 0 bridgehead atoms. The van der Waals surface area contributed by atoms with Gasteiger partial charge in [0, 0.05) is 13.1 Å². The molecule has 1 aromatic carbocycles. The zero-order chi connectivity index (χ0) is 10.8. The Bertz CT molecular complexity index is 371. The summed E-state index contributed by atoms with van der Waals surface area (Å²) in [6, 6.07) is 5.13. The fourth-order valence-corrected chi connectivity index (χ4v) is 1.81. The van der Waals surface area contributed by atoms with Crippen LogP contribution >= 0.6 is 23.2 Å². The van der Waals surface area contributed by atoms with Crippen molar-refractivity contribution in [3.8, 4) is 0 Å². The number of halogens is 2. The molecule has 15 heavy (non-hydrogen) atoms. The minimum absolute atomic E-state index is 0.0253. The molecule has 80 valence electrons. The van der Waals surface area contributed by atoms with Crippen molar-refractivity contribution in [1.29, 1.82) is 0 Å². The minimum atomic E-state index is -0.0382. The summed E-state index contributed by atoms with van der Waals surface area (Å²) in [7, 11) is 0. The SMILES string of the molecule is O=C(Nc1c(Cl)cccc1Cl)C1CNC1. The van der Waals surface area contributed by atoms with Crippen molar-refractivity contribution < 1.29 is 4.79 Å². The molecule has 1 heterocycles. The Labute approximate surface area is 97.8 Å². The number of carbonyl (C=O) groups is 1. The number of nitrogens with one attached hydrogen (secondary N) is 2. The summed E-state index contributed by atoms with van der Waals surface area (Å²) in [4.78, 5) is 11.6. The highest BCUT2D eigenvalue weighted by Crippen LogP contribution is 2.30. The molecule has 0 aromatic heterocycles. The molecule has 2 rings (SSSR count). The van der Waals surface area contributed by atoms with Crippen LogP contribution < -0.4 is 10.6 Å². The van der Waals surface area contributed by atoms with Gasteiger partial charge in [-0.15, -0.1) is 0 Å². The quantitative estimate of drug-likeness (QED) is 0.838. The summed E-state index contributed by atoms with van der Waals surface area (Å²) in [6.07, 6.45) is 0.